The number of unbranched alkanes of at least 4 members (excludes halogenated alkanes) is 1. The second-order valence-corrected chi connectivity index (χ2v) is 2.89. The van der Waals surface area contributed by atoms with Crippen LogP contribution >= 0.6 is 12.4 Å². The summed E-state index contributed by atoms with van der Waals surface area (Å²) >= 11 is 0. The second-order valence-electron chi connectivity index (χ2n) is 2.89. The summed E-state index contributed by atoms with van der Waals surface area (Å²) in [5.74, 6) is -0.455. The van der Waals surface area contributed by atoms with Crippen molar-refractivity contribution in [2.75, 3.05) is 13.2 Å². The van der Waals surface area contributed by atoms with Gasteiger partial charge in [0.25, 0.3) is 0 Å². The number of hydrogen-bond acceptors (Lipinski definition) is 4. The molecule has 0 radical (unpaired) electrons. The Hall–Kier alpha value is -0.870. The molecule has 0 saturated heterocycles. The number of esters is 1. The van der Waals surface area contributed by atoms with Crippen molar-refractivity contribution in [2.24, 2.45) is 5.73 Å². The summed E-state index contributed by atoms with van der Waals surface area (Å²) in [5, 5.41) is 0. The molecule has 0 atom stereocenters. The van der Waals surface area contributed by atoms with E-state index in [-0.39, 0.29) is 43.5 Å². The molecule has 0 aromatic heterocycles. The lowest BCUT2D eigenvalue weighted by Gasteiger charge is -2.02. The molecule has 0 aliphatic heterocycles. The average Bonchev–Trinajstić information content (AvgIpc) is 2.21. The fourth-order valence-corrected chi connectivity index (χ4v) is 0.829. The van der Waals surface area contributed by atoms with Crippen LogP contribution in [-0.4, -0.2) is 24.9 Å². The zero-order valence-corrected chi connectivity index (χ0v) is 9.55. The first-order valence-corrected chi connectivity index (χ1v) is 4.69. The monoisotopic (exact) mass is 235 g/mol. The smallest absolute Gasteiger partial charge is 0.306 e. The summed E-state index contributed by atoms with van der Waals surface area (Å²) in [4.78, 5) is 21.7. The van der Waals surface area contributed by atoms with Gasteiger partial charge < -0.3 is 10.5 Å². The van der Waals surface area contributed by atoms with Crippen molar-refractivity contribution in [3.8, 4) is 0 Å². The minimum Gasteiger partial charge on any atom is -0.466 e. The summed E-state index contributed by atoms with van der Waals surface area (Å²) in [7, 11) is 0. The minimum absolute atomic E-state index is 0. The highest BCUT2D eigenvalue weighted by molar-refractivity contribution is 5.85. The topological polar surface area (TPSA) is 69.4 Å². The molecule has 0 saturated carbocycles. The third-order valence-electron chi connectivity index (χ3n) is 1.65. The number of hydrogen-bond donors (Lipinski definition) is 1. The highest BCUT2D eigenvalue weighted by atomic mass is 35.5. The van der Waals surface area contributed by atoms with Crippen LogP contribution in [0.3, 0.4) is 0 Å². The summed E-state index contributed by atoms with van der Waals surface area (Å²) in [6, 6.07) is 0. The van der Waals surface area contributed by atoms with Gasteiger partial charge in [-0.05, 0) is 12.8 Å². The normalized spacial score (nSPS) is 8.87. The molecule has 0 aliphatic carbocycles. The van der Waals surface area contributed by atoms with E-state index >= 15 is 0 Å². The number of rotatable bonds is 8. The van der Waals surface area contributed by atoms with E-state index in [0.29, 0.717) is 6.61 Å². The maximum absolute atomic E-state index is 11.0. The molecule has 0 heterocycles. The van der Waals surface area contributed by atoms with Gasteiger partial charge in [0.15, 0.2) is 0 Å². The first kappa shape index (κ1) is 16.6. The Kier molecular flexibility index (Phi) is 12.4. The first-order valence-electron chi connectivity index (χ1n) is 4.69. The van der Waals surface area contributed by atoms with Crippen molar-refractivity contribution in [3.63, 3.8) is 0 Å². The lowest BCUT2D eigenvalue weighted by molar-refractivity contribution is -0.144. The first-order chi connectivity index (χ1) is 6.70. The van der Waals surface area contributed by atoms with Crippen molar-refractivity contribution in [1.82, 2.24) is 0 Å². The van der Waals surface area contributed by atoms with Crippen LogP contribution in [0.15, 0.2) is 12.7 Å². The van der Waals surface area contributed by atoms with Gasteiger partial charge in [0.05, 0.1) is 19.6 Å². The third kappa shape index (κ3) is 11.1. The van der Waals surface area contributed by atoms with E-state index in [0.717, 1.165) is 12.8 Å². The van der Waals surface area contributed by atoms with E-state index in [1.807, 2.05) is 0 Å². The van der Waals surface area contributed by atoms with Crippen LogP contribution in [-0.2, 0) is 14.3 Å². The van der Waals surface area contributed by atoms with Gasteiger partial charge in [0, 0.05) is 6.42 Å². The predicted molar refractivity (Wildman–Crippen MR) is 60.9 cm³/mol. The van der Waals surface area contributed by atoms with E-state index < -0.39 is 0 Å². The molecular formula is C10H18ClNO3. The maximum Gasteiger partial charge on any atom is 0.306 e. The number of ether oxygens (including phenoxy) is 1. The molecule has 0 aromatic carbocycles. The van der Waals surface area contributed by atoms with Crippen LogP contribution in [0.1, 0.15) is 25.7 Å². The highest BCUT2D eigenvalue weighted by Crippen LogP contribution is 1.96. The zero-order chi connectivity index (χ0) is 10.8. The molecule has 5 heteroatoms. The number of carbonyl (C=O) groups is 2. The minimum atomic E-state index is -0.337. The second kappa shape index (κ2) is 11.2. The molecule has 0 unspecified atom stereocenters. The Bertz CT molecular complexity index is 207. The van der Waals surface area contributed by atoms with Crippen LogP contribution in [0.25, 0.3) is 0 Å². The molecule has 0 rings (SSSR count). The van der Waals surface area contributed by atoms with Gasteiger partial charge in [-0.15, -0.1) is 19.0 Å². The number of allylic oxidation sites excluding steroid dienone is 1. The number of Topliss-reactive ketones (excluding diaryl/α,β-unsaturated/α-hetero) is 1. The fraction of sp³-hybridized carbons (Fsp3) is 0.600. The van der Waals surface area contributed by atoms with E-state index in [1.54, 1.807) is 6.08 Å². The van der Waals surface area contributed by atoms with Crippen molar-refractivity contribution in [1.29, 1.82) is 0 Å². The van der Waals surface area contributed by atoms with Crippen molar-refractivity contribution in [3.05, 3.63) is 12.7 Å². The lowest BCUT2D eigenvalue weighted by atomic mass is 10.2. The van der Waals surface area contributed by atoms with Gasteiger partial charge in [-0.2, -0.15) is 0 Å². The molecule has 0 bridgehead atoms. The Balaban J connectivity index is 0. The van der Waals surface area contributed by atoms with E-state index in [9.17, 15) is 9.59 Å². The highest BCUT2D eigenvalue weighted by Gasteiger charge is 2.05. The fourth-order valence-electron chi connectivity index (χ4n) is 0.829. The molecule has 4 nitrogen and oxygen atoms in total. The Labute approximate surface area is 96.3 Å². The van der Waals surface area contributed by atoms with Crippen molar-refractivity contribution >= 4 is 24.2 Å². The predicted octanol–water partition coefficient (Wildman–Crippen LogP) is 1.23. The summed E-state index contributed by atoms with van der Waals surface area (Å²) in [6.07, 6.45) is 3.68. The largest absolute Gasteiger partial charge is 0.466 e. The number of halogens is 1. The van der Waals surface area contributed by atoms with Crippen LogP contribution < -0.4 is 5.73 Å². The van der Waals surface area contributed by atoms with E-state index in [2.05, 4.69) is 6.58 Å². The molecule has 0 aliphatic rings. The Morgan fingerprint density at radius 2 is 2.00 bits per heavy atom. The van der Waals surface area contributed by atoms with Gasteiger partial charge in [-0.1, -0.05) is 6.08 Å². The Morgan fingerprint density at radius 3 is 2.53 bits per heavy atom. The molecule has 0 amide bonds. The SMILES string of the molecule is C=CCCCOC(=O)CCC(=O)CN.Cl. The molecule has 88 valence electrons. The summed E-state index contributed by atoms with van der Waals surface area (Å²) in [5.41, 5.74) is 5.09. The average molecular weight is 236 g/mol. The van der Waals surface area contributed by atoms with Crippen LogP contribution in [0.4, 0.5) is 0 Å². The molecule has 0 aromatic rings. The third-order valence-corrected chi connectivity index (χ3v) is 1.65. The van der Waals surface area contributed by atoms with Crippen LogP contribution in [0.2, 0.25) is 0 Å². The quantitative estimate of drug-likeness (QED) is 0.390. The van der Waals surface area contributed by atoms with Crippen LogP contribution in [0, 0.1) is 0 Å². The Morgan fingerprint density at radius 1 is 1.33 bits per heavy atom. The number of carbonyl (C=O) groups excluding carboxylic acids is 2. The van der Waals surface area contributed by atoms with Gasteiger partial charge in [-0.3, -0.25) is 9.59 Å². The van der Waals surface area contributed by atoms with Gasteiger partial charge in [-0.25, -0.2) is 0 Å². The van der Waals surface area contributed by atoms with Crippen molar-refractivity contribution < 1.29 is 14.3 Å². The molecule has 0 fully saturated rings. The standard InChI is InChI=1S/C10H17NO3.ClH/c1-2-3-4-7-14-10(13)6-5-9(12)8-11;/h2H,1,3-8,11H2;1H. The van der Waals surface area contributed by atoms with Crippen molar-refractivity contribution in [2.45, 2.75) is 25.7 Å². The maximum atomic E-state index is 11.0. The molecule has 2 N–H and O–H groups in total. The lowest BCUT2D eigenvalue weighted by Crippen LogP contribution is -2.15. The summed E-state index contributed by atoms with van der Waals surface area (Å²) in [6.45, 7) is 3.93. The van der Waals surface area contributed by atoms with E-state index in [4.69, 9.17) is 10.5 Å². The molecule has 15 heavy (non-hydrogen) atoms. The van der Waals surface area contributed by atoms with Gasteiger partial charge >= 0.3 is 5.97 Å². The molecule has 0 spiro atoms. The molecular weight excluding hydrogens is 218 g/mol. The van der Waals surface area contributed by atoms with E-state index in [1.165, 1.54) is 0 Å². The van der Waals surface area contributed by atoms with Crippen LogP contribution in [0.5, 0.6) is 0 Å². The zero-order valence-electron chi connectivity index (χ0n) is 8.74. The summed E-state index contributed by atoms with van der Waals surface area (Å²) < 4.78 is 4.86. The number of ketones is 1. The van der Waals surface area contributed by atoms with Gasteiger partial charge in [0.1, 0.15) is 5.78 Å². The van der Waals surface area contributed by atoms with Gasteiger partial charge in [0.2, 0.25) is 0 Å². The number of nitrogens with two attached hydrogens (primary N) is 1.